The number of hydrogen-bond acceptors (Lipinski definition) is 3. The Morgan fingerprint density at radius 2 is 1.72 bits per heavy atom. The molecule has 0 unspecified atom stereocenters. The Hall–Kier alpha value is -1.89. The summed E-state index contributed by atoms with van der Waals surface area (Å²) in [6.07, 6.45) is 0. The molecule has 25 heavy (non-hydrogen) atoms. The van der Waals surface area contributed by atoms with Crippen molar-refractivity contribution in [3.05, 3.63) is 70.7 Å². The van der Waals surface area contributed by atoms with Crippen LogP contribution in [0.4, 0.5) is 0 Å². The lowest BCUT2D eigenvalue weighted by Crippen LogP contribution is -2.26. The van der Waals surface area contributed by atoms with Gasteiger partial charge in [-0.1, -0.05) is 36.4 Å². The number of benzene rings is 3. The minimum Gasteiger partial charge on any atom is -0.496 e. The van der Waals surface area contributed by atoms with Crippen LogP contribution in [0.3, 0.4) is 0 Å². The van der Waals surface area contributed by atoms with Gasteiger partial charge < -0.3 is 4.74 Å². The number of nitrogens with one attached hydrogen (secondary N) is 1. The zero-order chi connectivity index (χ0) is 18.0. The first kappa shape index (κ1) is 17.9. The number of ether oxygens (including phenoxy) is 1. The molecule has 0 heterocycles. The molecular formula is C19H18BrNO3S. The summed E-state index contributed by atoms with van der Waals surface area (Å²) >= 11 is 3.32. The van der Waals surface area contributed by atoms with Gasteiger partial charge in [0.2, 0.25) is 10.0 Å². The van der Waals surface area contributed by atoms with Crippen molar-refractivity contribution in [3.63, 3.8) is 0 Å². The van der Waals surface area contributed by atoms with Crippen molar-refractivity contribution in [2.24, 2.45) is 0 Å². The molecule has 0 aliphatic heterocycles. The molecule has 0 radical (unpaired) electrons. The maximum Gasteiger partial charge on any atom is 0.241 e. The van der Waals surface area contributed by atoms with Crippen LogP contribution in [0.2, 0.25) is 0 Å². The van der Waals surface area contributed by atoms with E-state index in [0.29, 0.717) is 10.2 Å². The minimum atomic E-state index is -3.64. The Kier molecular flexibility index (Phi) is 5.13. The standard InChI is InChI=1S/C19H18BrNO3S/c1-13(15-8-7-14-5-3-4-6-16(14)11-15)21-25(22,23)17-9-10-19(24-2)18(20)12-17/h3-13,21H,1-2H3/t13-/m0/s1. The van der Waals surface area contributed by atoms with E-state index >= 15 is 0 Å². The number of fused-ring (bicyclic) bond motifs is 1. The molecular weight excluding hydrogens is 402 g/mol. The highest BCUT2D eigenvalue weighted by Gasteiger charge is 2.19. The van der Waals surface area contributed by atoms with E-state index in [4.69, 9.17) is 4.74 Å². The second-order valence-electron chi connectivity index (χ2n) is 5.75. The molecule has 0 aromatic heterocycles. The largest absolute Gasteiger partial charge is 0.496 e. The topological polar surface area (TPSA) is 55.4 Å². The van der Waals surface area contributed by atoms with E-state index in [1.807, 2.05) is 49.4 Å². The van der Waals surface area contributed by atoms with Gasteiger partial charge in [-0.3, -0.25) is 0 Å². The van der Waals surface area contributed by atoms with Gasteiger partial charge in [0.05, 0.1) is 16.5 Å². The Morgan fingerprint density at radius 3 is 2.40 bits per heavy atom. The Morgan fingerprint density at radius 1 is 1.00 bits per heavy atom. The van der Waals surface area contributed by atoms with Crippen molar-refractivity contribution >= 4 is 36.7 Å². The molecule has 0 aliphatic carbocycles. The van der Waals surface area contributed by atoms with Gasteiger partial charge in [-0.2, -0.15) is 0 Å². The first-order chi connectivity index (χ1) is 11.9. The summed E-state index contributed by atoms with van der Waals surface area (Å²) in [5.74, 6) is 0.585. The van der Waals surface area contributed by atoms with Crippen LogP contribution < -0.4 is 9.46 Å². The van der Waals surface area contributed by atoms with Crippen LogP contribution in [0.5, 0.6) is 5.75 Å². The highest BCUT2D eigenvalue weighted by atomic mass is 79.9. The summed E-state index contributed by atoms with van der Waals surface area (Å²) in [4.78, 5) is 0.188. The van der Waals surface area contributed by atoms with Crippen molar-refractivity contribution < 1.29 is 13.2 Å². The van der Waals surface area contributed by atoms with E-state index < -0.39 is 10.0 Å². The van der Waals surface area contributed by atoms with Gasteiger partial charge in [0.25, 0.3) is 0 Å². The van der Waals surface area contributed by atoms with Crippen LogP contribution in [0.1, 0.15) is 18.5 Å². The van der Waals surface area contributed by atoms with Crippen LogP contribution in [-0.2, 0) is 10.0 Å². The molecule has 3 aromatic carbocycles. The normalized spacial score (nSPS) is 12.9. The average Bonchev–Trinajstić information content (AvgIpc) is 2.60. The molecule has 1 N–H and O–H groups in total. The fourth-order valence-electron chi connectivity index (χ4n) is 2.66. The zero-order valence-corrected chi connectivity index (χ0v) is 16.3. The van der Waals surface area contributed by atoms with Crippen molar-refractivity contribution in [1.82, 2.24) is 4.72 Å². The molecule has 3 aromatic rings. The maximum atomic E-state index is 12.7. The lowest BCUT2D eigenvalue weighted by Gasteiger charge is -2.16. The van der Waals surface area contributed by atoms with Crippen LogP contribution >= 0.6 is 15.9 Å². The Labute approximate surface area is 156 Å². The lowest BCUT2D eigenvalue weighted by atomic mass is 10.0. The van der Waals surface area contributed by atoms with Crippen molar-refractivity contribution in [2.75, 3.05) is 7.11 Å². The molecule has 0 bridgehead atoms. The smallest absolute Gasteiger partial charge is 0.241 e. The third kappa shape index (κ3) is 3.86. The summed E-state index contributed by atoms with van der Waals surface area (Å²) in [6, 6.07) is 18.3. The molecule has 3 rings (SSSR count). The molecule has 0 amide bonds. The molecule has 1 atom stereocenters. The first-order valence-electron chi connectivity index (χ1n) is 7.75. The number of halogens is 1. The van der Waals surface area contributed by atoms with E-state index in [1.165, 1.54) is 19.2 Å². The predicted octanol–water partition coefficient (Wildman–Crippen LogP) is 4.65. The molecule has 4 nitrogen and oxygen atoms in total. The van der Waals surface area contributed by atoms with Gasteiger partial charge >= 0.3 is 0 Å². The van der Waals surface area contributed by atoms with Crippen molar-refractivity contribution in [2.45, 2.75) is 17.9 Å². The molecule has 6 heteroatoms. The number of hydrogen-bond donors (Lipinski definition) is 1. The van der Waals surface area contributed by atoms with Crippen LogP contribution in [-0.4, -0.2) is 15.5 Å². The minimum absolute atomic E-state index is 0.188. The fraction of sp³-hybridized carbons (Fsp3) is 0.158. The van der Waals surface area contributed by atoms with Gasteiger partial charge in [0.1, 0.15) is 5.75 Å². The highest BCUT2D eigenvalue weighted by Crippen LogP contribution is 2.28. The number of methoxy groups -OCH3 is 1. The van der Waals surface area contributed by atoms with E-state index in [2.05, 4.69) is 20.7 Å². The summed E-state index contributed by atoms with van der Waals surface area (Å²) in [5.41, 5.74) is 0.912. The third-order valence-electron chi connectivity index (χ3n) is 4.04. The van der Waals surface area contributed by atoms with E-state index in [9.17, 15) is 8.42 Å². The van der Waals surface area contributed by atoms with Gasteiger partial charge in [-0.25, -0.2) is 13.1 Å². The summed E-state index contributed by atoms with van der Waals surface area (Å²) in [6.45, 7) is 1.83. The van der Waals surface area contributed by atoms with Crippen LogP contribution in [0.15, 0.2) is 70.0 Å². The lowest BCUT2D eigenvalue weighted by molar-refractivity contribution is 0.411. The number of sulfonamides is 1. The van der Waals surface area contributed by atoms with Crippen LogP contribution in [0.25, 0.3) is 10.8 Å². The second kappa shape index (κ2) is 7.15. The molecule has 0 fully saturated rings. The quantitative estimate of drug-likeness (QED) is 0.654. The highest BCUT2D eigenvalue weighted by molar-refractivity contribution is 9.10. The molecule has 130 valence electrons. The van der Waals surface area contributed by atoms with E-state index in [1.54, 1.807) is 6.07 Å². The summed E-state index contributed by atoms with van der Waals surface area (Å²) in [5, 5.41) is 2.21. The Balaban J connectivity index is 1.87. The number of rotatable bonds is 5. The zero-order valence-electron chi connectivity index (χ0n) is 13.9. The fourth-order valence-corrected chi connectivity index (χ4v) is 4.61. The van der Waals surface area contributed by atoms with Crippen molar-refractivity contribution in [1.29, 1.82) is 0 Å². The maximum absolute atomic E-state index is 12.7. The summed E-state index contributed by atoms with van der Waals surface area (Å²) in [7, 11) is -2.11. The van der Waals surface area contributed by atoms with Crippen LogP contribution in [0, 0.1) is 0 Å². The molecule has 0 aliphatic rings. The van der Waals surface area contributed by atoms with Gasteiger partial charge in [0, 0.05) is 6.04 Å². The van der Waals surface area contributed by atoms with E-state index in [0.717, 1.165) is 16.3 Å². The average molecular weight is 420 g/mol. The van der Waals surface area contributed by atoms with Gasteiger partial charge in [0.15, 0.2) is 0 Å². The molecule has 0 spiro atoms. The van der Waals surface area contributed by atoms with Gasteiger partial charge in [-0.05, 0) is 63.5 Å². The predicted molar refractivity (Wildman–Crippen MR) is 103 cm³/mol. The monoisotopic (exact) mass is 419 g/mol. The molecule has 0 saturated heterocycles. The second-order valence-corrected chi connectivity index (χ2v) is 8.31. The van der Waals surface area contributed by atoms with E-state index in [-0.39, 0.29) is 10.9 Å². The summed E-state index contributed by atoms with van der Waals surface area (Å²) < 4.78 is 33.8. The van der Waals surface area contributed by atoms with Crippen molar-refractivity contribution in [3.8, 4) is 5.75 Å². The first-order valence-corrected chi connectivity index (χ1v) is 10.0. The third-order valence-corrected chi connectivity index (χ3v) is 6.20. The molecule has 0 saturated carbocycles. The SMILES string of the molecule is COc1ccc(S(=O)(=O)N[C@@H](C)c2ccc3ccccc3c2)cc1Br. The Bertz CT molecular complexity index is 1020. The van der Waals surface area contributed by atoms with Gasteiger partial charge in [-0.15, -0.1) is 0 Å².